The Kier molecular flexibility index (Phi) is 4.24. The van der Waals surface area contributed by atoms with Crippen LogP contribution in [0.4, 0.5) is 13.2 Å². The van der Waals surface area contributed by atoms with Gasteiger partial charge in [-0.2, -0.15) is 4.31 Å². The first-order valence-corrected chi connectivity index (χ1v) is 7.57. The molecule has 1 aliphatic heterocycles. The molecule has 0 bridgehead atoms. The summed E-state index contributed by atoms with van der Waals surface area (Å²) in [6.45, 7) is 1.49. The average Bonchev–Trinajstić information content (AvgIpc) is 2.36. The summed E-state index contributed by atoms with van der Waals surface area (Å²) in [7, 11) is -4.42. The molecule has 1 fully saturated rings. The average molecular weight is 322 g/mol. The summed E-state index contributed by atoms with van der Waals surface area (Å²) in [5.41, 5.74) is 0.418. The fourth-order valence-electron chi connectivity index (χ4n) is 2.26. The van der Waals surface area contributed by atoms with Gasteiger partial charge in [-0.15, -0.1) is 0 Å². The predicted octanol–water partition coefficient (Wildman–Crippen LogP) is 1.96. The summed E-state index contributed by atoms with van der Waals surface area (Å²) in [6, 6.07) is 0.647. The van der Waals surface area contributed by atoms with Gasteiger partial charge in [-0.3, -0.25) is 0 Å². The topological polar surface area (TPSA) is 70.0 Å². The molecule has 0 radical (unpaired) electrons. The van der Waals surface area contributed by atoms with Crippen molar-refractivity contribution in [2.75, 3.05) is 13.1 Å². The van der Waals surface area contributed by atoms with Gasteiger partial charge in [-0.05, 0) is 0 Å². The molecule has 1 atom stereocenters. The van der Waals surface area contributed by atoms with Crippen LogP contribution in [0.25, 0.3) is 0 Å². The number of piperidine rings is 1. The van der Waals surface area contributed by atoms with Gasteiger partial charge in [0, 0.05) is 37.6 Å². The smallest absolute Gasteiger partial charge is 0.248 e. The summed E-state index contributed by atoms with van der Waals surface area (Å²) in [5, 5.41) is 11.8. The highest BCUT2D eigenvalue weighted by atomic mass is 32.2. The van der Waals surface area contributed by atoms with E-state index in [0.29, 0.717) is 17.8 Å². The van der Waals surface area contributed by atoms with Crippen molar-refractivity contribution in [2.24, 2.45) is 11.1 Å². The van der Waals surface area contributed by atoms with Crippen LogP contribution in [0.2, 0.25) is 0 Å². The molecule has 1 aromatic rings. The van der Waals surface area contributed by atoms with E-state index in [1.165, 1.54) is 0 Å². The maximum Gasteiger partial charge on any atom is 0.248 e. The van der Waals surface area contributed by atoms with Gasteiger partial charge in [0.05, 0.1) is 5.71 Å². The number of halogens is 3. The Morgan fingerprint density at radius 3 is 2.33 bits per heavy atom. The van der Waals surface area contributed by atoms with Crippen LogP contribution in [-0.4, -0.2) is 36.7 Å². The third-order valence-electron chi connectivity index (χ3n) is 3.35. The van der Waals surface area contributed by atoms with Gasteiger partial charge < -0.3 is 5.21 Å². The normalized spacial score (nSPS) is 22.7. The second kappa shape index (κ2) is 5.64. The molecule has 1 saturated heterocycles. The zero-order valence-corrected chi connectivity index (χ0v) is 11.9. The molecule has 21 heavy (non-hydrogen) atoms. The molecular weight excluding hydrogens is 309 g/mol. The molecule has 1 heterocycles. The Bertz CT molecular complexity index is 668. The molecule has 2 rings (SSSR count). The lowest BCUT2D eigenvalue weighted by Crippen LogP contribution is -2.43. The quantitative estimate of drug-likeness (QED) is 0.668. The lowest BCUT2D eigenvalue weighted by Gasteiger charge is -2.30. The van der Waals surface area contributed by atoms with Crippen LogP contribution in [0.1, 0.15) is 13.3 Å². The van der Waals surface area contributed by atoms with E-state index < -0.39 is 32.4 Å². The SMILES string of the molecule is CC1CN(S(=O)(=O)c2c(F)cc(F)cc2F)CCC1=NO. The first-order valence-electron chi connectivity index (χ1n) is 6.13. The zero-order chi connectivity index (χ0) is 15.8. The third kappa shape index (κ3) is 2.88. The summed E-state index contributed by atoms with van der Waals surface area (Å²) < 4.78 is 65.7. The number of benzene rings is 1. The molecule has 5 nitrogen and oxygen atoms in total. The van der Waals surface area contributed by atoms with Crippen molar-refractivity contribution >= 4 is 15.7 Å². The number of sulfonamides is 1. The van der Waals surface area contributed by atoms with E-state index >= 15 is 0 Å². The minimum atomic E-state index is -4.42. The van der Waals surface area contributed by atoms with E-state index in [1.54, 1.807) is 6.92 Å². The first-order chi connectivity index (χ1) is 9.77. The third-order valence-corrected chi connectivity index (χ3v) is 5.27. The summed E-state index contributed by atoms with van der Waals surface area (Å²) in [4.78, 5) is -1.17. The number of rotatable bonds is 2. The molecule has 1 aromatic carbocycles. The van der Waals surface area contributed by atoms with Crippen molar-refractivity contribution in [3.8, 4) is 0 Å². The van der Waals surface area contributed by atoms with Gasteiger partial charge in [-0.25, -0.2) is 21.6 Å². The number of hydrogen-bond donors (Lipinski definition) is 1. The van der Waals surface area contributed by atoms with Gasteiger partial charge in [0.15, 0.2) is 4.90 Å². The minimum Gasteiger partial charge on any atom is -0.411 e. The number of nitrogens with zero attached hydrogens (tertiary/aromatic N) is 2. The molecule has 1 aliphatic rings. The second-order valence-electron chi connectivity index (χ2n) is 4.80. The molecule has 1 N–H and O–H groups in total. The molecule has 9 heteroatoms. The van der Waals surface area contributed by atoms with Gasteiger partial charge in [0.2, 0.25) is 10.0 Å². The Morgan fingerprint density at radius 2 is 1.86 bits per heavy atom. The van der Waals surface area contributed by atoms with E-state index in [-0.39, 0.29) is 25.4 Å². The Hall–Kier alpha value is -1.61. The summed E-state index contributed by atoms with van der Waals surface area (Å²) in [6.07, 6.45) is 0.154. The van der Waals surface area contributed by atoms with Crippen molar-refractivity contribution in [1.82, 2.24) is 4.31 Å². The van der Waals surface area contributed by atoms with Crippen LogP contribution in [0.5, 0.6) is 0 Å². The maximum absolute atomic E-state index is 13.7. The first kappa shape index (κ1) is 15.8. The predicted molar refractivity (Wildman–Crippen MR) is 68.1 cm³/mol. The van der Waals surface area contributed by atoms with Gasteiger partial charge in [0.1, 0.15) is 17.5 Å². The van der Waals surface area contributed by atoms with E-state index in [4.69, 9.17) is 5.21 Å². The largest absolute Gasteiger partial charge is 0.411 e. The summed E-state index contributed by atoms with van der Waals surface area (Å²) in [5.74, 6) is -4.51. The van der Waals surface area contributed by atoms with Crippen LogP contribution < -0.4 is 0 Å². The van der Waals surface area contributed by atoms with E-state index in [0.717, 1.165) is 4.31 Å². The Morgan fingerprint density at radius 1 is 1.29 bits per heavy atom. The highest BCUT2D eigenvalue weighted by Crippen LogP contribution is 2.27. The van der Waals surface area contributed by atoms with Crippen LogP contribution in [0, 0.1) is 23.4 Å². The lowest BCUT2D eigenvalue weighted by atomic mass is 10.00. The molecule has 0 spiro atoms. The van der Waals surface area contributed by atoms with Crippen molar-refractivity contribution in [2.45, 2.75) is 18.2 Å². The second-order valence-corrected chi connectivity index (χ2v) is 6.68. The zero-order valence-electron chi connectivity index (χ0n) is 11.1. The van der Waals surface area contributed by atoms with Crippen molar-refractivity contribution < 1.29 is 26.8 Å². The van der Waals surface area contributed by atoms with Crippen LogP contribution in [0.3, 0.4) is 0 Å². The lowest BCUT2D eigenvalue weighted by molar-refractivity contribution is 0.299. The molecule has 116 valence electrons. The number of oxime groups is 1. The summed E-state index contributed by atoms with van der Waals surface area (Å²) >= 11 is 0. The molecule has 0 saturated carbocycles. The molecule has 0 aromatic heterocycles. The minimum absolute atomic E-state index is 0.0671. The highest BCUT2D eigenvalue weighted by molar-refractivity contribution is 7.89. The number of hydrogen-bond acceptors (Lipinski definition) is 4. The maximum atomic E-state index is 13.7. The fourth-order valence-corrected chi connectivity index (χ4v) is 3.88. The van der Waals surface area contributed by atoms with E-state index in [2.05, 4.69) is 5.16 Å². The highest BCUT2D eigenvalue weighted by Gasteiger charge is 2.35. The van der Waals surface area contributed by atoms with Crippen molar-refractivity contribution in [3.63, 3.8) is 0 Å². The fraction of sp³-hybridized carbons (Fsp3) is 0.417. The van der Waals surface area contributed by atoms with Crippen molar-refractivity contribution in [1.29, 1.82) is 0 Å². The molecule has 0 amide bonds. The van der Waals surface area contributed by atoms with Crippen LogP contribution in [-0.2, 0) is 10.0 Å². The van der Waals surface area contributed by atoms with Gasteiger partial charge in [0.25, 0.3) is 0 Å². The van der Waals surface area contributed by atoms with E-state index in [1.807, 2.05) is 0 Å². The van der Waals surface area contributed by atoms with Crippen LogP contribution in [0.15, 0.2) is 22.2 Å². The Labute approximate surface area is 119 Å². The van der Waals surface area contributed by atoms with Crippen molar-refractivity contribution in [3.05, 3.63) is 29.6 Å². The monoisotopic (exact) mass is 322 g/mol. The van der Waals surface area contributed by atoms with Gasteiger partial charge >= 0.3 is 0 Å². The molecular formula is C12H13F3N2O3S. The standard InChI is InChI=1S/C12H13F3N2O3S/c1-7-6-17(3-2-11(7)16-18)21(19,20)12-9(14)4-8(13)5-10(12)15/h4-5,7,18H,2-3,6H2,1H3. The van der Waals surface area contributed by atoms with E-state index in [9.17, 15) is 21.6 Å². The molecule has 0 aliphatic carbocycles. The Balaban J connectivity index is 2.40. The van der Waals surface area contributed by atoms with Gasteiger partial charge in [-0.1, -0.05) is 12.1 Å². The van der Waals surface area contributed by atoms with Crippen LogP contribution >= 0.6 is 0 Å². The molecule has 1 unspecified atom stereocenters.